The average molecular weight is 440 g/mol. The number of carbonyl (C=O) groups is 1. The molecule has 1 fully saturated rings. The smallest absolute Gasteiger partial charge is 0.368 e. The van der Waals surface area contributed by atoms with Crippen LogP contribution in [0, 0.1) is 0 Å². The van der Waals surface area contributed by atoms with Crippen molar-refractivity contribution in [2.24, 2.45) is 4.99 Å². The minimum Gasteiger partial charge on any atom is -0.368 e. The number of pyridine rings is 2. The maximum Gasteiger partial charge on any atom is 0.434 e. The van der Waals surface area contributed by atoms with Crippen molar-refractivity contribution in [1.29, 1.82) is 0 Å². The van der Waals surface area contributed by atoms with Gasteiger partial charge in [-0.25, -0.2) is 14.5 Å². The maximum atomic E-state index is 13.0. The van der Waals surface area contributed by atoms with E-state index >= 15 is 0 Å². The zero-order chi connectivity index (χ0) is 22.3. The SMILES string of the molecule is O=C(N=C1CCC(Nc2cccc3nc(C(F)(F)F)cn23)CC1)c1cc2ccccn2n1. The number of anilines is 1. The number of hydrogen-bond acceptors (Lipinski definition) is 4. The molecule has 32 heavy (non-hydrogen) atoms. The van der Waals surface area contributed by atoms with E-state index in [1.807, 2.05) is 18.2 Å². The van der Waals surface area contributed by atoms with Gasteiger partial charge in [0.05, 0.1) is 5.52 Å². The van der Waals surface area contributed by atoms with Gasteiger partial charge in [-0.05, 0) is 56.0 Å². The first-order valence-corrected chi connectivity index (χ1v) is 10.2. The molecule has 0 radical (unpaired) electrons. The Hall–Kier alpha value is -3.69. The number of amides is 1. The molecule has 0 unspecified atom stereocenters. The first-order valence-electron chi connectivity index (χ1n) is 10.2. The van der Waals surface area contributed by atoms with E-state index in [1.54, 1.807) is 28.9 Å². The number of imidazole rings is 1. The molecule has 1 N–H and O–H groups in total. The van der Waals surface area contributed by atoms with Crippen LogP contribution >= 0.6 is 0 Å². The topological polar surface area (TPSA) is 76.1 Å². The molecule has 7 nitrogen and oxygen atoms in total. The van der Waals surface area contributed by atoms with Crippen molar-refractivity contribution in [2.75, 3.05) is 5.32 Å². The van der Waals surface area contributed by atoms with Crippen LogP contribution in [-0.2, 0) is 6.18 Å². The molecule has 5 rings (SSSR count). The predicted molar refractivity (Wildman–Crippen MR) is 113 cm³/mol. The first-order chi connectivity index (χ1) is 15.4. The maximum absolute atomic E-state index is 13.0. The third-order valence-corrected chi connectivity index (χ3v) is 5.55. The molecule has 0 bridgehead atoms. The second-order valence-electron chi connectivity index (χ2n) is 7.76. The van der Waals surface area contributed by atoms with Crippen molar-refractivity contribution < 1.29 is 18.0 Å². The number of nitrogens with one attached hydrogen (secondary N) is 1. The first kappa shape index (κ1) is 20.2. The minimum absolute atomic E-state index is 0.0570. The molecule has 0 spiro atoms. The Morgan fingerprint density at radius 1 is 1.12 bits per heavy atom. The lowest BCUT2D eigenvalue weighted by Crippen LogP contribution is -2.27. The average Bonchev–Trinajstić information content (AvgIpc) is 3.40. The zero-order valence-corrected chi connectivity index (χ0v) is 16.9. The van der Waals surface area contributed by atoms with Crippen LogP contribution in [0.4, 0.5) is 19.0 Å². The molecule has 0 saturated heterocycles. The standard InChI is InChI=1S/C22H19F3N6O/c23-22(24,25)18-13-30-19(5-3-6-20(30)28-18)26-14-7-9-15(10-8-14)27-21(32)17-12-16-4-1-2-11-31(16)29-17/h1-6,11-14,26H,7-10H2. The number of hydrogen-bond donors (Lipinski definition) is 1. The third kappa shape index (κ3) is 3.95. The Morgan fingerprint density at radius 2 is 1.94 bits per heavy atom. The van der Waals surface area contributed by atoms with Gasteiger partial charge in [0.1, 0.15) is 11.5 Å². The summed E-state index contributed by atoms with van der Waals surface area (Å²) in [6, 6.07) is 12.3. The van der Waals surface area contributed by atoms with Gasteiger partial charge in [0.25, 0.3) is 5.91 Å². The fourth-order valence-corrected chi connectivity index (χ4v) is 3.92. The molecule has 0 atom stereocenters. The van der Waals surface area contributed by atoms with Crippen LogP contribution in [0.1, 0.15) is 41.9 Å². The lowest BCUT2D eigenvalue weighted by Gasteiger charge is -2.25. The molecule has 10 heteroatoms. The summed E-state index contributed by atoms with van der Waals surface area (Å²) in [6.45, 7) is 0. The van der Waals surface area contributed by atoms with Crippen molar-refractivity contribution in [3.05, 3.63) is 66.2 Å². The van der Waals surface area contributed by atoms with Crippen LogP contribution in [0.2, 0.25) is 0 Å². The number of alkyl halides is 3. The van der Waals surface area contributed by atoms with Gasteiger partial charge in [-0.2, -0.15) is 18.3 Å². The van der Waals surface area contributed by atoms with E-state index in [0.717, 1.165) is 17.4 Å². The molecule has 1 aliphatic rings. The monoisotopic (exact) mass is 440 g/mol. The quantitative estimate of drug-likeness (QED) is 0.504. The summed E-state index contributed by atoms with van der Waals surface area (Å²) in [5.41, 5.74) is 1.25. The molecule has 4 aromatic heterocycles. The lowest BCUT2D eigenvalue weighted by atomic mass is 9.93. The lowest BCUT2D eigenvalue weighted by molar-refractivity contribution is -0.140. The summed E-state index contributed by atoms with van der Waals surface area (Å²) in [5, 5.41) is 7.57. The van der Waals surface area contributed by atoms with Crippen molar-refractivity contribution in [2.45, 2.75) is 37.9 Å². The van der Waals surface area contributed by atoms with E-state index in [2.05, 4.69) is 20.4 Å². The summed E-state index contributed by atoms with van der Waals surface area (Å²) in [4.78, 5) is 20.4. The summed E-state index contributed by atoms with van der Waals surface area (Å²) in [5.74, 6) is 0.189. The van der Waals surface area contributed by atoms with Crippen LogP contribution < -0.4 is 5.32 Å². The summed E-state index contributed by atoms with van der Waals surface area (Å²) >= 11 is 0. The molecule has 1 saturated carbocycles. The van der Waals surface area contributed by atoms with Crippen molar-refractivity contribution >= 4 is 28.6 Å². The van der Waals surface area contributed by atoms with E-state index in [0.29, 0.717) is 37.2 Å². The number of aromatic nitrogens is 4. The van der Waals surface area contributed by atoms with Crippen LogP contribution in [0.3, 0.4) is 0 Å². The Morgan fingerprint density at radius 3 is 2.69 bits per heavy atom. The van der Waals surface area contributed by atoms with E-state index in [-0.39, 0.29) is 17.6 Å². The van der Waals surface area contributed by atoms with E-state index < -0.39 is 11.9 Å². The Labute approximate surface area is 180 Å². The number of aliphatic imine (C=N–C) groups is 1. The van der Waals surface area contributed by atoms with Gasteiger partial charge in [-0.3, -0.25) is 9.20 Å². The third-order valence-electron chi connectivity index (χ3n) is 5.55. The van der Waals surface area contributed by atoms with E-state index in [9.17, 15) is 18.0 Å². The molecule has 4 heterocycles. The molecule has 1 aliphatic carbocycles. The molecule has 4 aromatic rings. The molecule has 164 valence electrons. The number of halogens is 3. The zero-order valence-electron chi connectivity index (χ0n) is 16.9. The van der Waals surface area contributed by atoms with Crippen LogP contribution in [0.15, 0.2) is 59.9 Å². The number of fused-ring (bicyclic) bond motifs is 2. The van der Waals surface area contributed by atoms with Crippen molar-refractivity contribution in [3.8, 4) is 0 Å². The Balaban J connectivity index is 1.26. The number of carbonyl (C=O) groups excluding carboxylic acids is 1. The highest BCUT2D eigenvalue weighted by Gasteiger charge is 2.34. The van der Waals surface area contributed by atoms with Gasteiger partial charge in [0.2, 0.25) is 0 Å². The molecule has 0 aliphatic heterocycles. The van der Waals surface area contributed by atoms with Crippen molar-refractivity contribution in [1.82, 2.24) is 19.0 Å². The Bertz CT molecular complexity index is 1290. The largest absolute Gasteiger partial charge is 0.434 e. The molecular weight excluding hydrogens is 421 g/mol. The highest BCUT2D eigenvalue weighted by Crippen LogP contribution is 2.30. The number of rotatable bonds is 3. The van der Waals surface area contributed by atoms with Gasteiger partial charge in [-0.1, -0.05) is 12.1 Å². The van der Waals surface area contributed by atoms with Gasteiger partial charge < -0.3 is 5.32 Å². The van der Waals surface area contributed by atoms with Gasteiger partial charge in [-0.15, -0.1) is 0 Å². The number of nitrogens with zero attached hydrogens (tertiary/aromatic N) is 5. The summed E-state index contributed by atoms with van der Waals surface area (Å²) < 4.78 is 42.1. The van der Waals surface area contributed by atoms with Gasteiger partial charge >= 0.3 is 6.18 Å². The predicted octanol–water partition coefficient (Wildman–Crippen LogP) is 4.64. The fourth-order valence-electron chi connectivity index (χ4n) is 3.92. The fraction of sp³-hybridized carbons (Fsp3) is 0.273. The van der Waals surface area contributed by atoms with Crippen molar-refractivity contribution in [3.63, 3.8) is 0 Å². The second-order valence-corrected chi connectivity index (χ2v) is 7.76. The van der Waals surface area contributed by atoms with Crippen LogP contribution in [0.25, 0.3) is 11.2 Å². The van der Waals surface area contributed by atoms with Crippen LogP contribution in [0.5, 0.6) is 0 Å². The summed E-state index contributed by atoms with van der Waals surface area (Å²) in [7, 11) is 0. The molecular formula is C22H19F3N6O. The van der Waals surface area contributed by atoms with E-state index in [4.69, 9.17) is 0 Å². The normalized spacial score (nSPS) is 17.1. The van der Waals surface area contributed by atoms with Gasteiger partial charge in [0, 0.05) is 24.1 Å². The highest BCUT2D eigenvalue weighted by atomic mass is 19.4. The van der Waals surface area contributed by atoms with Gasteiger partial charge in [0.15, 0.2) is 11.4 Å². The molecule has 1 amide bonds. The van der Waals surface area contributed by atoms with Crippen LogP contribution in [-0.4, -0.2) is 36.7 Å². The minimum atomic E-state index is -4.49. The highest BCUT2D eigenvalue weighted by molar-refractivity contribution is 6.03. The van der Waals surface area contributed by atoms with E-state index in [1.165, 1.54) is 10.5 Å². The summed E-state index contributed by atoms with van der Waals surface area (Å²) in [6.07, 6.45) is 0.973. The second kappa shape index (κ2) is 7.77. The Kier molecular flexibility index (Phi) is 4.91. The molecule has 0 aromatic carbocycles.